The molecule has 79 valence electrons. The first-order chi connectivity index (χ1) is 7.79. The molecule has 0 heterocycles. The minimum absolute atomic E-state index is 1.05. The zero-order chi connectivity index (χ0) is 11.4. The van der Waals surface area contributed by atoms with Gasteiger partial charge in [-0.3, -0.25) is 0 Å². The number of rotatable bonds is 2. The van der Waals surface area contributed by atoms with E-state index in [2.05, 4.69) is 55.5 Å². The Kier molecular flexibility index (Phi) is 3.21. The molecule has 0 spiro atoms. The normalized spacial score (nSPS) is 10.9. The number of benzene rings is 2. The van der Waals surface area contributed by atoms with E-state index in [1.165, 1.54) is 16.7 Å². The van der Waals surface area contributed by atoms with Crippen LogP contribution in [0, 0.1) is 6.92 Å². The zero-order valence-corrected chi connectivity index (χ0v) is 9.48. The molecule has 0 aliphatic rings. The number of hydrogen-bond acceptors (Lipinski definition) is 0. The fourth-order valence-corrected chi connectivity index (χ4v) is 1.71. The highest BCUT2D eigenvalue weighted by Crippen LogP contribution is 2.21. The van der Waals surface area contributed by atoms with Crippen LogP contribution in [-0.4, -0.2) is 0 Å². The van der Waals surface area contributed by atoms with Crippen molar-refractivity contribution in [3.63, 3.8) is 0 Å². The van der Waals surface area contributed by atoms with E-state index in [9.17, 15) is 0 Å². The highest BCUT2D eigenvalue weighted by Gasteiger charge is 1.97. The van der Waals surface area contributed by atoms with Gasteiger partial charge in [0.2, 0.25) is 0 Å². The first-order valence-corrected chi connectivity index (χ1v) is 5.45. The summed E-state index contributed by atoms with van der Waals surface area (Å²) < 4.78 is 0. The molecule has 0 nitrogen and oxygen atoms in total. The molecule has 0 fully saturated rings. The summed E-state index contributed by atoms with van der Waals surface area (Å²) in [5.74, 6) is 0. The Labute approximate surface area is 97.3 Å². The summed E-state index contributed by atoms with van der Waals surface area (Å²) in [6, 6.07) is 16.8. The van der Waals surface area contributed by atoms with Gasteiger partial charge in [-0.15, -0.1) is 0 Å². The van der Waals surface area contributed by atoms with Crippen LogP contribution in [-0.2, 0) is 0 Å². The van der Waals surface area contributed by atoms with Crippen molar-refractivity contribution in [3.8, 4) is 11.1 Å². The van der Waals surface area contributed by atoms with Crippen LogP contribution < -0.4 is 0 Å². The maximum atomic E-state index is 3.89. The predicted octanol–water partition coefficient (Wildman–Crippen LogP) is 4.57. The van der Waals surface area contributed by atoms with Gasteiger partial charge >= 0.3 is 0 Å². The van der Waals surface area contributed by atoms with Gasteiger partial charge in [0, 0.05) is 0 Å². The molecule has 0 amide bonds. The lowest BCUT2D eigenvalue weighted by atomic mass is 10.0. The van der Waals surface area contributed by atoms with E-state index < -0.39 is 0 Å². The van der Waals surface area contributed by atoms with Crippen molar-refractivity contribution in [3.05, 3.63) is 72.7 Å². The topological polar surface area (TPSA) is 0 Å². The molecular formula is C16H15. The average molecular weight is 207 g/mol. The van der Waals surface area contributed by atoms with Crippen LogP contribution in [0.2, 0.25) is 0 Å². The van der Waals surface area contributed by atoms with Crippen LogP contribution in [0.5, 0.6) is 0 Å². The SMILES string of the molecule is [CH2]c1ccc(-c2cccc(C=CC)c2)cc1. The Balaban J connectivity index is 2.40. The zero-order valence-electron chi connectivity index (χ0n) is 9.48. The molecule has 0 aliphatic carbocycles. The molecule has 1 radical (unpaired) electrons. The molecular weight excluding hydrogens is 192 g/mol. The Hall–Kier alpha value is -1.82. The number of allylic oxidation sites excluding steroid dienone is 1. The molecule has 0 unspecified atom stereocenters. The summed E-state index contributed by atoms with van der Waals surface area (Å²) in [7, 11) is 0. The lowest BCUT2D eigenvalue weighted by molar-refractivity contribution is 1.56. The van der Waals surface area contributed by atoms with E-state index in [1.807, 2.05) is 19.1 Å². The first kappa shape index (κ1) is 10.7. The minimum Gasteiger partial charge on any atom is -0.0871 e. The average Bonchev–Trinajstić information content (AvgIpc) is 2.31. The number of hydrogen-bond donors (Lipinski definition) is 0. The van der Waals surface area contributed by atoms with Gasteiger partial charge in [-0.25, -0.2) is 0 Å². The van der Waals surface area contributed by atoms with Gasteiger partial charge in [0.1, 0.15) is 0 Å². The van der Waals surface area contributed by atoms with Crippen molar-refractivity contribution in [2.24, 2.45) is 0 Å². The largest absolute Gasteiger partial charge is 0.0871 e. The lowest BCUT2D eigenvalue weighted by Crippen LogP contribution is -1.79. The third-order valence-corrected chi connectivity index (χ3v) is 2.53. The first-order valence-electron chi connectivity index (χ1n) is 5.45. The Bertz CT molecular complexity index is 490. The molecule has 0 atom stereocenters. The van der Waals surface area contributed by atoms with Gasteiger partial charge in [0.05, 0.1) is 0 Å². The quantitative estimate of drug-likeness (QED) is 0.676. The van der Waals surface area contributed by atoms with Crippen LogP contribution in [0.3, 0.4) is 0 Å². The van der Waals surface area contributed by atoms with Crippen molar-refractivity contribution < 1.29 is 0 Å². The van der Waals surface area contributed by atoms with Crippen LogP contribution in [0.25, 0.3) is 17.2 Å². The maximum Gasteiger partial charge on any atom is -0.0178 e. The van der Waals surface area contributed by atoms with Crippen LogP contribution in [0.15, 0.2) is 54.6 Å². The molecule has 0 bridgehead atoms. The summed E-state index contributed by atoms with van der Waals surface area (Å²) in [6.45, 7) is 5.92. The van der Waals surface area contributed by atoms with Crippen LogP contribution in [0.4, 0.5) is 0 Å². The summed E-state index contributed by atoms with van der Waals surface area (Å²) in [5.41, 5.74) is 4.77. The Morgan fingerprint density at radius 3 is 2.38 bits per heavy atom. The lowest BCUT2D eigenvalue weighted by Gasteiger charge is -2.03. The van der Waals surface area contributed by atoms with Crippen molar-refractivity contribution in [2.45, 2.75) is 6.92 Å². The Morgan fingerprint density at radius 1 is 0.938 bits per heavy atom. The van der Waals surface area contributed by atoms with Gasteiger partial charge in [0.15, 0.2) is 0 Å². The van der Waals surface area contributed by atoms with Crippen LogP contribution >= 0.6 is 0 Å². The maximum absolute atomic E-state index is 3.89. The molecule has 0 aromatic heterocycles. The summed E-state index contributed by atoms with van der Waals surface area (Å²) in [6.07, 6.45) is 4.16. The Morgan fingerprint density at radius 2 is 1.69 bits per heavy atom. The summed E-state index contributed by atoms with van der Waals surface area (Å²) in [4.78, 5) is 0. The predicted molar refractivity (Wildman–Crippen MR) is 71.0 cm³/mol. The summed E-state index contributed by atoms with van der Waals surface area (Å²) in [5, 5.41) is 0. The second-order valence-corrected chi connectivity index (χ2v) is 3.82. The molecule has 2 rings (SSSR count). The van der Waals surface area contributed by atoms with E-state index in [0.717, 1.165) is 5.56 Å². The molecule has 0 saturated carbocycles. The van der Waals surface area contributed by atoms with Crippen molar-refractivity contribution >= 4 is 6.08 Å². The molecule has 0 heteroatoms. The van der Waals surface area contributed by atoms with E-state index in [4.69, 9.17) is 0 Å². The van der Waals surface area contributed by atoms with Gasteiger partial charge in [0.25, 0.3) is 0 Å². The fraction of sp³-hybridized carbons (Fsp3) is 0.0625. The van der Waals surface area contributed by atoms with Gasteiger partial charge < -0.3 is 0 Å². The van der Waals surface area contributed by atoms with Gasteiger partial charge in [-0.2, -0.15) is 0 Å². The van der Waals surface area contributed by atoms with Crippen LogP contribution in [0.1, 0.15) is 18.1 Å². The standard InChI is InChI=1S/C16H15/c1-3-5-14-6-4-7-16(12-14)15-10-8-13(2)9-11-15/h3-12H,2H2,1H3. The van der Waals surface area contributed by atoms with Gasteiger partial charge in [-0.1, -0.05) is 54.6 Å². The van der Waals surface area contributed by atoms with E-state index in [0.29, 0.717) is 0 Å². The second-order valence-electron chi connectivity index (χ2n) is 3.82. The van der Waals surface area contributed by atoms with Crippen molar-refractivity contribution in [1.82, 2.24) is 0 Å². The highest BCUT2D eigenvalue weighted by molar-refractivity contribution is 5.67. The molecule has 0 aliphatic heterocycles. The molecule has 0 N–H and O–H groups in total. The van der Waals surface area contributed by atoms with Crippen molar-refractivity contribution in [2.75, 3.05) is 0 Å². The van der Waals surface area contributed by atoms with Gasteiger partial charge in [-0.05, 0) is 42.2 Å². The van der Waals surface area contributed by atoms with E-state index >= 15 is 0 Å². The molecule has 2 aromatic rings. The molecule has 0 saturated heterocycles. The third-order valence-electron chi connectivity index (χ3n) is 2.53. The van der Waals surface area contributed by atoms with E-state index in [1.54, 1.807) is 0 Å². The molecule has 16 heavy (non-hydrogen) atoms. The summed E-state index contributed by atoms with van der Waals surface area (Å²) >= 11 is 0. The smallest absolute Gasteiger partial charge is 0.0178 e. The third kappa shape index (κ3) is 2.40. The second kappa shape index (κ2) is 4.80. The monoisotopic (exact) mass is 207 g/mol. The molecule has 2 aromatic carbocycles. The van der Waals surface area contributed by atoms with E-state index in [-0.39, 0.29) is 0 Å². The van der Waals surface area contributed by atoms with Crippen molar-refractivity contribution in [1.29, 1.82) is 0 Å². The fourth-order valence-electron chi connectivity index (χ4n) is 1.71. The minimum atomic E-state index is 1.05. The highest BCUT2D eigenvalue weighted by atomic mass is 14.0.